The molecule has 2 N–H and O–H groups in total. The molecule has 0 saturated carbocycles. The fraction of sp³-hybridized carbons (Fsp3) is 0.364. The van der Waals surface area contributed by atoms with E-state index in [1.807, 2.05) is 0 Å². The van der Waals surface area contributed by atoms with Crippen molar-refractivity contribution in [1.29, 1.82) is 0 Å². The summed E-state index contributed by atoms with van der Waals surface area (Å²) in [5, 5.41) is 11.0. The number of carbonyl (C=O) groups excluding carboxylic acids is 1. The molecule has 7 heteroatoms. The number of nitrogens with zero attached hydrogens (tertiary/aromatic N) is 2. The van der Waals surface area contributed by atoms with Crippen LogP contribution in [0.4, 0.5) is 11.4 Å². The smallest absolute Gasteiger partial charge is 0.271 e. The number of nitro groups is 1. The van der Waals surface area contributed by atoms with Gasteiger partial charge >= 0.3 is 0 Å². The summed E-state index contributed by atoms with van der Waals surface area (Å²) >= 11 is 5.99. The van der Waals surface area contributed by atoms with E-state index in [-0.39, 0.29) is 17.5 Å². The summed E-state index contributed by atoms with van der Waals surface area (Å²) in [5.74, 6) is -0.0272. The Morgan fingerprint density at radius 1 is 1.56 bits per heavy atom. The van der Waals surface area contributed by atoms with Crippen LogP contribution in [-0.4, -0.2) is 23.9 Å². The summed E-state index contributed by atoms with van der Waals surface area (Å²) < 4.78 is 0. The Kier molecular flexibility index (Phi) is 3.49. The van der Waals surface area contributed by atoms with Crippen molar-refractivity contribution in [2.75, 3.05) is 18.0 Å². The van der Waals surface area contributed by atoms with Gasteiger partial charge in [0.2, 0.25) is 5.91 Å². The van der Waals surface area contributed by atoms with Crippen LogP contribution in [0.1, 0.15) is 6.42 Å². The molecule has 1 fully saturated rings. The number of carbonyl (C=O) groups is 1. The number of hydrogen-bond donors (Lipinski definition) is 1. The lowest BCUT2D eigenvalue weighted by molar-refractivity contribution is -0.384. The lowest BCUT2D eigenvalue weighted by atomic mass is 10.1. The molecule has 6 nitrogen and oxygen atoms in total. The molecule has 1 unspecified atom stereocenters. The van der Waals surface area contributed by atoms with Crippen molar-refractivity contribution >= 4 is 28.9 Å². The number of nitrogens with two attached hydrogens (primary N) is 1. The Labute approximate surface area is 108 Å². The summed E-state index contributed by atoms with van der Waals surface area (Å²) in [7, 11) is 0. The molecule has 2 rings (SSSR count). The molecule has 1 saturated heterocycles. The van der Waals surface area contributed by atoms with E-state index in [2.05, 4.69) is 0 Å². The zero-order valence-corrected chi connectivity index (χ0v) is 10.3. The number of nitro benzene ring substituents is 1. The zero-order valence-electron chi connectivity index (χ0n) is 9.51. The maximum Gasteiger partial charge on any atom is 0.271 e. The molecule has 1 amide bonds. The molecule has 1 aliphatic rings. The summed E-state index contributed by atoms with van der Waals surface area (Å²) in [6.45, 7) is 0.866. The van der Waals surface area contributed by atoms with E-state index < -0.39 is 4.92 Å². The normalized spacial score (nSPS) is 19.3. The topological polar surface area (TPSA) is 89.5 Å². The average Bonchev–Trinajstić information content (AvgIpc) is 2.71. The fourth-order valence-corrected chi connectivity index (χ4v) is 2.21. The van der Waals surface area contributed by atoms with Crippen molar-refractivity contribution in [2.45, 2.75) is 6.42 Å². The van der Waals surface area contributed by atoms with Gasteiger partial charge < -0.3 is 10.6 Å². The quantitative estimate of drug-likeness (QED) is 0.666. The maximum absolute atomic E-state index is 11.8. The van der Waals surface area contributed by atoms with Gasteiger partial charge in [-0.15, -0.1) is 0 Å². The minimum atomic E-state index is -0.513. The monoisotopic (exact) mass is 269 g/mol. The van der Waals surface area contributed by atoms with Gasteiger partial charge in [-0.1, -0.05) is 11.6 Å². The molecular weight excluding hydrogens is 258 g/mol. The van der Waals surface area contributed by atoms with Crippen LogP contribution in [0.5, 0.6) is 0 Å². The largest absolute Gasteiger partial charge is 0.330 e. The van der Waals surface area contributed by atoms with Crippen molar-refractivity contribution in [3.8, 4) is 0 Å². The van der Waals surface area contributed by atoms with E-state index in [0.29, 0.717) is 30.2 Å². The highest BCUT2D eigenvalue weighted by atomic mass is 35.5. The number of non-ortho nitro benzene ring substituents is 1. The molecule has 0 aromatic heterocycles. The molecule has 0 radical (unpaired) electrons. The van der Waals surface area contributed by atoms with Crippen LogP contribution < -0.4 is 10.6 Å². The zero-order chi connectivity index (χ0) is 13.3. The Bertz CT molecular complexity index is 506. The molecule has 0 spiro atoms. The first-order chi connectivity index (χ1) is 8.52. The van der Waals surface area contributed by atoms with Gasteiger partial charge in [-0.2, -0.15) is 0 Å². The molecule has 1 atom stereocenters. The second-order valence-corrected chi connectivity index (χ2v) is 4.61. The molecule has 96 valence electrons. The molecule has 1 aliphatic heterocycles. The molecular formula is C11H12ClN3O3. The van der Waals surface area contributed by atoms with Gasteiger partial charge in [0.25, 0.3) is 5.69 Å². The van der Waals surface area contributed by atoms with Gasteiger partial charge in [0, 0.05) is 25.1 Å². The number of benzene rings is 1. The van der Waals surface area contributed by atoms with Gasteiger partial charge in [0.05, 0.1) is 15.6 Å². The standard InChI is InChI=1S/C11H12ClN3O3/c12-9-2-1-8(15(17)18)4-10(9)14-6-7(5-13)3-11(14)16/h1-2,4,7H,3,5-6,13H2. The number of halogens is 1. The third-order valence-electron chi connectivity index (χ3n) is 2.97. The maximum atomic E-state index is 11.8. The van der Waals surface area contributed by atoms with E-state index in [0.717, 1.165) is 0 Å². The van der Waals surface area contributed by atoms with Crippen molar-refractivity contribution in [3.05, 3.63) is 33.3 Å². The van der Waals surface area contributed by atoms with Crippen molar-refractivity contribution in [1.82, 2.24) is 0 Å². The number of hydrogen-bond acceptors (Lipinski definition) is 4. The van der Waals surface area contributed by atoms with E-state index in [1.165, 1.54) is 23.1 Å². The average molecular weight is 270 g/mol. The summed E-state index contributed by atoms with van der Waals surface area (Å²) in [5.41, 5.74) is 5.83. The van der Waals surface area contributed by atoms with Crippen LogP contribution in [0.15, 0.2) is 18.2 Å². The predicted octanol–water partition coefficient (Wildman–Crippen LogP) is 1.56. The van der Waals surface area contributed by atoms with Crippen molar-refractivity contribution < 1.29 is 9.72 Å². The first-order valence-electron chi connectivity index (χ1n) is 5.47. The Morgan fingerprint density at radius 3 is 2.83 bits per heavy atom. The van der Waals surface area contributed by atoms with E-state index in [4.69, 9.17) is 17.3 Å². The van der Waals surface area contributed by atoms with Crippen molar-refractivity contribution in [2.24, 2.45) is 11.7 Å². The van der Waals surface area contributed by atoms with Crippen LogP contribution in [0.3, 0.4) is 0 Å². The SMILES string of the molecule is NCC1CC(=O)N(c2cc([N+](=O)[O-])ccc2Cl)C1. The van der Waals surface area contributed by atoms with Crippen LogP contribution in [-0.2, 0) is 4.79 Å². The lowest BCUT2D eigenvalue weighted by Gasteiger charge is -2.17. The first-order valence-corrected chi connectivity index (χ1v) is 5.85. The molecule has 0 aliphatic carbocycles. The molecule has 1 aromatic carbocycles. The van der Waals surface area contributed by atoms with Crippen LogP contribution in [0.25, 0.3) is 0 Å². The predicted molar refractivity (Wildman–Crippen MR) is 67.6 cm³/mol. The van der Waals surface area contributed by atoms with Crippen LogP contribution in [0.2, 0.25) is 5.02 Å². The first kappa shape index (κ1) is 12.8. The second-order valence-electron chi connectivity index (χ2n) is 4.20. The van der Waals surface area contributed by atoms with Gasteiger partial charge in [-0.3, -0.25) is 14.9 Å². The van der Waals surface area contributed by atoms with Crippen LogP contribution in [0, 0.1) is 16.0 Å². The fourth-order valence-electron chi connectivity index (χ4n) is 1.99. The molecule has 1 heterocycles. The lowest BCUT2D eigenvalue weighted by Crippen LogP contribution is -2.26. The third kappa shape index (κ3) is 2.30. The molecule has 18 heavy (non-hydrogen) atoms. The van der Waals surface area contributed by atoms with E-state index in [1.54, 1.807) is 0 Å². The minimum Gasteiger partial charge on any atom is -0.330 e. The van der Waals surface area contributed by atoms with E-state index >= 15 is 0 Å². The molecule has 0 bridgehead atoms. The third-order valence-corrected chi connectivity index (χ3v) is 3.29. The summed E-state index contributed by atoms with van der Waals surface area (Å²) in [6.07, 6.45) is 0.357. The summed E-state index contributed by atoms with van der Waals surface area (Å²) in [4.78, 5) is 23.5. The van der Waals surface area contributed by atoms with Gasteiger partial charge in [0.1, 0.15) is 0 Å². The Balaban J connectivity index is 2.35. The van der Waals surface area contributed by atoms with Gasteiger partial charge in [-0.25, -0.2) is 0 Å². The number of amides is 1. The number of anilines is 1. The second kappa shape index (κ2) is 4.91. The van der Waals surface area contributed by atoms with Crippen LogP contribution >= 0.6 is 11.6 Å². The van der Waals surface area contributed by atoms with E-state index in [9.17, 15) is 14.9 Å². The molecule has 1 aromatic rings. The summed E-state index contributed by atoms with van der Waals surface area (Å²) in [6, 6.07) is 4.06. The highest BCUT2D eigenvalue weighted by molar-refractivity contribution is 6.34. The highest BCUT2D eigenvalue weighted by Gasteiger charge is 2.31. The van der Waals surface area contributed by atoms with Crippen molar-refractivity contribution in [3.63, 3.8) is 0 Å². The Hall–Kier alpha value is -1.66. The number of rotatable bonds is 3. The minimum absolute atomic E-state index is 0.0767. The Morgan fingerprint density at radius 2 is 2.28 bits per heavy atom. The highest BCUT2D eigenvalue weighted by Crippen LogP contribution is 2.33. The van der Waals surface area contributed by atoms with Gasteiger partial charge in [0.15, 0.2) is 0 Å². The van der Waals surface area contributed by atoms with Gasteiger partial charge in [-0.05, 0) is 18.5 Å².